The zero-order chi connectivity index (χ0) is 35.8. The second-order valence-corrected chi connectivity index (χ2v) is 17.2. The Balaban J connectivity index is -0.00000108. The monoisotopic (exact) mass is 1040 g/mol. The second-order valence-electron chi connectivity index (χ2n) is 17.2. The van der Waals surface area contributed by atoms with Gasteiger partial charge in [0, 0.05) is 0 Å². The minimum Gasteiger partial charge on any atom is -0.693 e. The van der Waals surface area contributed by atoms with E-state index in [2.05, 4.69) is 50.2 Å². The third-order valence-electron chi connectivity index (χ3n) is 13.3. The molecular weight excluding hydrogens is 947 g/mol. The minimum atomic E-state index is 0. The van der Waals surface area contributed by atoms with Crippen molar-refractivity contribution in [2.24, 2.45) is 0 Å². The Kier molecular flexibility index (Phi) is 44.6. The molecule has 4 heterocycles. The normalized spacial score (nSPS) is 22.7. The van der Waals surface area contributed by atoms with E-state index in [0.29, 0.717) is 36.0 Å². The predicted molar refractivity (Wildman–Crippen MR) is 268 cm³/mol. The van der Waals surface area contributed by atoms with Gasteiger partial charge in [0.25, 0.3) is 0 Å². The summed E-state index contributed by atoms with van der Waals surface area (Å²) in [5.41, 5.74) is 9.24. The number of benzene rings is 2. The maximum Gasteiger partial charge on any atom is 6.00 e. The summed E-state index contributed by atoms with van der Waals surface area (Å²) in [4.78, 5) is 0. The summed E-state index contributed by atoms with van der Waals surface area (Å²) in [5, 5.41) is 20.5. The Hall–Kier alpha value is -0.793. The third-order valence-corrected chi connectivity index (χ3v) is 13.3. The number of hydrogen-bond donors (Lipinski definition) is 0. The minimum absolute atomic E-state index is 0. The molecule has 16 N–H and O–H groups in total. The Morgan fingerprint density at radius 3 is 1.08 bits per heavy atom. The van der Waals surface area contributed by atoms with Crippen molar-refractivity contribution in [1.29, 1.82) is 0 Å². The number of piperidine rings is 4. The quantitative estimate of drug-likeness (QED) is 0.0936. The summed E-state index contributed by atoms with van der Waals surface area (Å²) >= 11 is 0. The third kappa shape index (κ3) is 21.2. The van der Waals surface area contributed by atoms with Crippen molar-refractivity contribution < 1.29 is 39.0 Å². The molecule has 12 nitrogen and oxygen atoms in total. The Morgan fingerprint density at radius 1 is 0.403 bits per heavy atom. The van der Waals surface area contributed by atoms with Gasteiger partial charge in [-0.3, -0.25) is 0 Å². The van der Waals surface area contributed by atoms with Crippen molar-refractivity contribution in [1.82, 2.24) is 0 Å². The molecule has 4 fully saturated rings. The number of rotatable bonds is 19. The van der Waals surface area contributed by atoms with Crippen molar-refractivity contribution in [3.8, 4) is 11.1 Å². The maximum absolute atomic E-state index is 5.28. The maximum atomic E-state index is 5.28. The summed E-state index contributed by atoms with van der Waals surface area (Å²) in [7, 11) is 0. The first-order valence-electron chi connectivity index (χ1n) is 22.7. The van der Waals surface area contributed by atoms with Crippen LogP contribution in [0, 0.1) is 0 Å². The molecule has 4 aliphatic rings. The number of nitrogens with two attached hydrogens (primary N) is 8. The molecule has 0 amide bonds. The molecule has 0 aromatic heterocycles. The molecule has 2 aromatic rings. The average molecular weight is 1040 g/mol. The van der Waals surface area contributed by atoms with Gasteiger partial charge in [0.05, 0.1) is 0 Å². The molecule has 6 rings (SSSR count). The fourth-order valence-electron chi connectivity index (χ4n) is 9.93. The molecule has 4 saturated heterocycles. The Labute approximate surface area is 407 Å². The fraction of sp³-hybridized carbons (Fsp3) is 0.750. The van der Waals surface area contributed by atoms with E-state index in [1.54, 1.807) is 11.1 Å². The van der Waals surface area contributed by atoms with Crippen LogP contribution in [0.3, 0.4) is 0 Å². The Morgan fingerprint density at radius 2 is 0.758 bits per heavy atom. The molecule has 62 heavy (non-hydrogen) atoms. The van der Waals surface area contributed by atoms with Crippen LogP contribution in [-0.2, 0) is 51.8 Å². The van der Waals surface area contributed by atoms with E-state index >= 15 is 0 Å². The molecule has 4 aliphatic heterocycles. The molecule has 0 radical (unpaired) electrons. The number of unbranched alkanes of at least 4 members (excludes halogenated alkanes) is 10. The first kappa shape index (κ1) is 70.2. The van der Waals surface area contributed by atoms with Gasteiger partial charge in [-0.1, -0.05) is 166 Å². The number of nitrogens with zero attached hydrogens (tertiary/aromatic N) is 4. The van der Waals surface area contributed by atoms with E-state index in [1.165, 1.54) is 176 Å². The molecule has 0 spiro atoms. The van der Waals surface area contributed by atoms with E-state index in [0.717, 1.165) is 26.2 Å². The van der Waals surface area contributed by atoms with Crippen LogP contribution in [0.1, 0.15) is 189 Å². The van der Waals surface area contributed by atoms with Crippen molar-refractivity contribution in [3.63, 3.8) is 0 Å². The second kappa shape index (κ2) is 39.4. The summed E-state index contributed by atoms with van der Waals surface area (Å²) < 4.78 is 0. The number of hydrogen-bond acceptors (Lipinski definition) is 0. The molecule has 358 valence electrons. The van der Waals surface area contributed by atoms with Gasteiger partial charge in [-0.15, -0.1) is 26.2 Å². The van der Waals surface area contributed by atoms with Crippen LogP contribution < -0.4 is 0 Å². The molecule has 0 saturated carbocycles. The SMILES string of the molecule is CCCCCCCCc1cc(C2CCC(C3CCCC[N-]3)[N-]C2)ccc1-c1ccc(C2CCC(C3CCCC[N-]3)[N-]C2)cc1CCCCCCCC.[NH2-].[NH2-].[NH2-].[NH2-].[NH2-].[NH2-].[NH2-].[NH2-].[Ru+6].[Ru+6]. The molecule has 2 aromatic carbocycles. The van der Waals surface area contributed by atoms with E-state index in [-0.39, 0.29) is 88.2 Å². The van der Waals surface area contributed by atoms with Crippen molar-refractivity contribution >= 4 is 0 Å². The van der Waals surface area contributed by atoms with Crippen LogP contribution in [0.15, 0.2) is 36.4 Å². The van der Waals surface area contributed by atoms with Crippen molar-refractivity contribution in [2.45, 2.75) is 204 Å². The Bertz CT molecular complexity index is 1210. The average Bonchev–Trinajstić information content (AvgIpc) is 3.21. The van der Waals surface area contributed by atoms with Crippen LogP contribution in [0.4, 0.5) is 0 Å². The summed E-state index contributed by atoms with van der Waals surface area (Å²) in [6.07, 6.45) is 31.2. The fourth-order valence-corrected chi connectivity index (χ4v) is 9.93. The predicted octanol–water partition coefficient (Wildman–Crippen LogP) is 20.0. The van der Waals surface area contributed by atoms with Gasteiger partial charge in [0.15, 0.2) is 0 Å². The molecule has 6 unspecified atom stereocenters. The van der Waals surface area contributed by atoms with Crippen LogP contribution in [0.5, 0.6) is 0 Å². The largest absolute Gasteiger partial charge is 6.00 e. The zero-order valence-corrected chi connectivity index (χ0v) is 42.3. The van der Waals surface area contributed by atoms with Gasteiger partial charge in [-0.05, 0) is 83.7 Å². The molecule has 0 aliphatic carbocycles. The van der Waals surface area contributed by atoms with Gasteiger partial charge in [-0.25, -0.2) is 0 Å². The standard InChI is InChI=1S/C48H74N4.8H2N.2Ru/c1-3-5-7-9-11-13-19-39-33-37(41-25-29-47(51-35-41)45-21-15-17-31-49-45)23-27-43(39)44-28-24-38(34-40(44)20-14-12-10-8-6-4-2)42-26-30-48(52-36-42)46-22-16-18-32-50-46;;;;;;;;;;/h23-24,27-28,33-34,41-42,45-48H,3-22,25-26,29-32,35-36H2,1-2H3;8*1H2;;/q-4;8*-1;2*+6. The summed E-state index contributed by atoms with van der Waals surface area (Å²) in [5.74, 6) is 1.12. The van der Waals surface area contributed by atoms with Gasteiger partial charge >= 0.3 is 39.0 Å². The first-order valence-corrected chi connectivity index (χ1v) is 22.7. The molecule has 6 atom stereocenters. The topological polar surface area (TPSA) is 324 Å². The van der Waals surface area contributed by atoms with Gasteiger partial charge in [-0.2, -0.15) is 24.2 Å². The van der Waals surface area contributed by atoms with Crippen LogP contribution in [-0.4, -0.2) is 50.3 Å². The van der Waals surface area contributed by atoms with Gasteiger partial charge in [0.1, 0.15) is 0 Å². The van der Waals surface area contributed by atoms with E-state index in [1.807, 2.05) is 0 Å². The molecular formula is C48H90N12Ru2. The zero-order valence-electron chi connectivity index (χ0n) is 38.8. The summed E-state index contributed by atoms with van der Waals surface area (Å²) in [6.45, 7) is 8.71. The first-order chi connectivity index (χ1) is 25.7. The van der Waals surface area contributed by atoms with Crippen molar-refractivity contribution in [2.75, 3.05) is 26.2 Å². The van der Waals surface area contributed by atoms with E-state index in [4.69, 9.17) is 21.3 Å². The van der Waals surface area contributed by atoms with Crippen LogP contribution >= 0.6 is 0 Å². The molecule has 0 bridgehead atoms. The summed E-state index contributed by atoms with van der Waals surface area (Å²) in [6, 6.07) is 17.2. The van der Waals surface area contributed by atoms with Crippen molar-refractivity contribution in [3.05, 3.63) is 129 Å². The van der Waals surface area contributed by atoms with Gasteiger partial charge < -0.3 is 70.5 Å². The van der Waals surface area contributed by atoms with E-state index < -0.39 is 0 Å². The number of aryl methyl sites for hydroxylation is 2. The molecule has 14 heteroatoms. The smallest absolute Gasteiger partial charge is 0.693 e. The van der Waals surface area contributed by atoms with E-state index in [9.17, 15) is 0 Å². The van der Waals surface area contributed by atoms with Crippen LogP contribution in [0.25, 0.3) is 81.6 Å². The van der Waals surface area contributed by atoms with Gasteiger partial charge in [0.2, 0.25) is 0 Å². The van der Waals surface area contributed by atoms with Crippen LogP contribution in [0.2, 0.25) is 0 Å².